The lowest BCUT2D eigenvalue weighted by molar-refractivity contribution is -0.143. The Morgan fingerprint density at radius 1 is 1.28 bits per heavy atom. The first-order valence-corrected chi connectivity index (χ1v) is 5.82. The predicted molar refractivity (Wildman–Crippen MR) is 64.0 cm³/mol. The number of amides is 1. The van der Waals surface area contributed by atoms with E-state index in [1.807, 2.05) is 24.3 Å². The second-order valence-corrected chi connectivity index (χ2v) is 4.46. The minimum absolute atomic E-state index is 0.240. The van der Waals surface area contributed by atoms with Crippen LogP contribution in [0.2, 0.25) is 0 Å². The topological polar surface area (TPSA) is 86.6 Å². The lowest BCUT2D eigenvalue weighted by Crippen LogP contribution is -2.46. The van der Waals surface area contributed by atoms with E-state index in [9.17, 15) is 9.59 Å². The molecule has 0 aromatic heterocycles. The molecule has 0 fully saturated rings. The first-order valence-electron chi connectivity index (χ1n) is 5.82. The zero-order valence-corrected chi connectivity index (χ0v) is 9.80. The third-order valence-corrected chi connectivity index (χ3v) is 3.22. The number of carbonyl (C=O) groups is 2. The van der Waals surface area contributed by atoms with E-state index in [1.165, 1.54) is 0 Å². The molecule has 1 aliphatic rings. The number of nitrogens with one attached hydrogen (secondary N) is 1. The van der Waals surface area contributed by atoms with E-state index in [0.29, 0.717) is 12.8 Å². The number of carboxylic acids is 1. The summed E-state index contributed by atoms with van der Waals surface area (Å²) in [5.74, 6) is -1.77. The van der Waals surface area contributed by atoms with Gasteiger partial charge in [0.1, 0.15) is 6.04 Å². The zero-order chi connectivity index (χ0) is 13.1. The van der Waals surface area contributed by atoms with Gasteiger partial charge in [-0.25, -0.2) is 4.79 Å². The standard InChI is InChI=1S/C13H15NO4/c15-7-11(13(17)18)14-12(16)10-5-8-3-1-2-4-9(8)6-10/h1-4,10-11,15H,5-7H2,(H,14,16)(H,17,18)/t11-/m0/s1. The van der Waals surface area contributed by atoms with E-state index in [-0.39, 0.29) is 11.8 Å². The molecule has 0 bridgehead atoms. The molecule has 1 amide bonds. The van der Waals surface area contributed by atoms with Gasteiger partial charge in [0.2, 0.25) is 5.91 Å². The number of rotatable bonds is 4. The van der Waals surface area contributed by atoms with Crippen LogP contribution in [-0.4, -0.2) is 34.7 Å². The normalized spacial score (nSPS) is 16.1. The highest BCUT2D eigenvalue weighted by Gasteiger charge is 2.29. The first-order chi connectivity index (χ1) is 8.61. The molecule has 5 heteroatoms. The van der Waals surface area contributed by atoms with Crippen molar-refractivity contribution in [3.05, 3.63) is 35.4 Å². The highest BCUT2D eigenvalue weighted by Crippen LogP contribution is 2.26. The number of aliphatic hydroxyl groups excluding tert-OH is 1. The number of aliphatic carboxylic acids is 1. The van der Waals surface area contributed by atoms with Gasteiger partial charge in [0.25, 0.3) is 0 Å². The molecule has 1 aromatic carbocycles. The molecule has 3 N–H and O–H groups in total. The molecule has 0 unspecified atom stereocenters. The molecule has 0 saturated carbocycles. The summed E-state index contributed by atoms with van der Waals surface area (Å²) in [4.78, 5) is 22.6. The van der Waals surface area contributed by atoms with Crippen LogP contribution in [0.15, 0.2) is 24.3 Å². The number of fused-ring (bicyclic) bond motifs is 1. The fraction of sp³-hybridized carbons (Fsp3) is 0.385. The van der Waals surface area contributed by atoms with Crippen LogP contribution >= 0.6 is 0 Å². The summed E-state index contributed by atoms with van der Waals surface area (Å²) >= 11 is 0. The van der Waals surface area contributed by atoms with Crippen molar-refractivity contribution in [2.45, 2.75) is 18.9 Å². The van der Waals surface area contributed by atoms with E-state index < -0.39 is 18.6 Å². The summed E-state index contributed by atoms with van der Waals surface area (Å²) < 4.78 is 0. The molecule has 1 aliphatic carbocycles. The Balaban J connectivity index is 1.99. The summed E-state index contributed by atoms with van der Waals surface area (Å²) in [5.41, 5.74) is 2.27. The van der Waals surface area contributed by atoms with E-state index in [1.54, 1.807) is 0 Å². The van der Waals surface area contributed by atoms with Gasteiger partial charge in [0.05, 0.1) is 6.61 Å². The number of benzene rings is 1. The third kappa shape index (κ3) is 2.51. The molecular weight excluding hydrogens is 234 g/mol. The minimum atomic E-state index is -1.22. The maximum atomic E-state index is 11.9. The lowest BCUT2D eigenvalue weighted by Gasteiger charge is -2.15. The number of hydrogen-bond acceptors (Lipinski definition) is 3. The molecule has 2 rings (SSSR count). The molecule has 0 aliphatic heterocycles. The fourth-order valence-electron chi connectivity index (χ4n) is 2.22. The van der Waals surface area contributed by atoms with Gasteiger partial charge < -0.3 is 15.5 Å². The van der Waals surface area contributed by atoms with Crippen molar-refractivity contribution in [2.75, 3.05) is 6.61 Å². The summed E-state index contributed by atoms with van der Waals surface area (Å²) in [6, 6.07) is 6.58. The average molecular weight is 249 g/mol. The third-order valence-electron chi connectivity index (χ3n) is 3.22. The molecular formula is C13H15NO4. The molecule has 1 atom stereocenters. The molecule has 96 valence electrons. The minimum Gasteiger partial charge on any atom is -0.480 e. The van der Waals surface area contributed by atoms with Crippen molar-refractivity contribution in [3.8, 4) is 0 Å². The van der Waals surface area contributed by atoms with Crippen LogP contribution in [0.1, 0.15) is 11.1 Å². The van der Waals surface area contributed by atoms with Crippen LogP contribution in [0, 0.1) is 5.92 Å². The maximum absolute atomic E-state index is 11.9. The van der Waals surface area contributed by atoms with Crippen LogP contribution in [0.25, 0.3) is 0 Å². The SMILES string of the molecule is O=C(N[C@@H](CO)C(=O)O)C1Cc2ccccc2C1. The van der Waals surface area contributed by atoms with E-state index in [2.05, 4.69) is 5.32 Å². The Hall–Kier alpha value is -1.88. The van der Waals surface area contributed by atoms with Crippen LogP contribution in [0.5, 0.6) is 0 Å². The number of carbonyl (C=O) groups excluding carboxylic acids is 1. The van der Waals surface area contributed by atoms with Gasteiger partial charge in [-0.15, -0.1) is 0 Å². The molecule has 0 heterocycles. The van der Waals surface area contributed by atoms with Gasteiger partial charge in [-0.3, -0.25) is 4.79 Å². The van der Waals surface area contributed by atoms with Crippen LogP contribution in [0.3, 0.4) is 0 Å². The van der Waals surface area contributed by atoms with Crippen molar-refractivity contribution in [2.24, 2.45) is 5.92 Å². The highest BCUT2D eigenvalue weighted by molar-refractivity contribution is 5.85. The predicted octanol–water partition coefficient (Wildman–Crippen LogP) is -0.0369. The fourth-order valence-corrected chi connectivity index (χ4v) is 2.22. The van der Waals surface area contributed by atoms with E-state index in [4.69, 9.17) is 10.2 Å². The van der Waals surface area contributed by atoms with E-state index >= 15 is 0 Å². The first kappa shape index (κ1) is 12.6. The smallest absolute Gasteiger partial charge is 0.328 e. The Bertz CT molecular complexity index is 447. The Labute approximate surface area is 104 Å². The molecule has 0 radical (unpaired) electrons. The Morgan fingerprint density at radius 2 is 1.83 bits per heavy atom. The molecule has 5 nitrogen and oxygen atoms in total. The van der Waals surface area contributed by atoms with Gasteiger partial charge in [-0.2, -0.15) is 0 Å². The number of hydrogen-bond donors (Lipinski definition) is 3. The lowest BCUT2D eigenvalue weighted by atomic mass is 10.1. The molecule has 18 heavy (non-hydrogen) atoms. The number of carboxylic acid groups (broad SMARTS) is 1. The van der Waals surface area contributed by atoms with Crippen molar-refractivity contribution < 1.29 is 19.8 Å². The molecule has 0 saturated heterocycles. The van der Waals surface area contributed by atoms with Crippen LogP contribution in [0.4, 0.5) is 0 Å². The summed E-state index contributed by atoms with van der Waals surface area (Å²) in [5, 5.41) is 20.0. The quantitative estimate of drug-likeness (QED) is 0.699. The summed E-state index contributed by atoms with van der Waals surface area (Å²) in [7, 11) is 0. The highest BCUT2D eigenvalue weighted by atomic mass is 16.4. The second-order valence-electron chi connectivity index (χ2n) is 4.46. The molecule has 1 aromatic rings. The Morgan fingerprint density at radius 3 is 2.28 bits per heavy atom. The molecule has 0 spiro atoms. The van der Waals surface area contributed by atoms with Gasteiger partial charge in [-0.1, -0.05) is 24.3 Å². The summed E-state index contributed by atoms with van der Waals surface area (Å²) in [6.07, 6.45) is 1.25. The van der Waals surface area contributed by atoms with Crippen molar-refractivity contribution in [1.82, 2.24) is 5.32 Å². The van der Waals surface area contributed by atoms with Crippen molar-refractivity contribution in [1.29, 1.82) is 0 Å². The number of aliphatic hydroxyl groups is 1. The van der Waals surface area contributed by atoms with Crippen LogP contribution < -0.4 is 5.32 Å². The van der Waals surface area contributed by atoms with Gasteiger partial charge >= 0.3 is 5.97 Å². The maximum Gasteiger partial charge on any atom is 0.328 e. The summed E-state index contributed by atoms with van der Waals surface area (Å²) in [6.45, 7) is -0.596. The van der Waals surface area contributed by atoms with Gasteiger partial charge in [0, 0.05) is 5.92 Å². The average Bonchev–Trinajstić information content (AvgIpc) is 2.79. The largest absolute Gasteiger partial charge is 0.480 e. The van der Waals surface area contributed by atoms with Crippen molar-refractivity contribution >= 4 is 11.9 Å². The monoisotopic (exact) mass is 249 g/mol. The van der Waals surface area contributed by atoms with E-state index in [0.717, 1.165) is 11.1 Å². The van der Waals surface area contributed by atoms with Gasteiger partial charge in [0.15, 0.2) is 0 Å². The zero-order valence-electron chi connectivity index (χ0n) is 9.80. The second kappa shape index (κ2) is 5.18. The van der Waals surface area contributed by atoms with Gasteiger partial charge in [-0.05, 0) is 24.0 Å². The Kier molecular flexibility index (Phi) is 3.62. The van der Waals surface area contributed by atoms with Crippen LogP contribution in [-0.2, 0) is 22.4 Å². The van der Waals surface area contributed by atoms with Crippen molar-refractivity contribution in [3.63, 3.8) is 0 Å².